The van der Waals surface area contributed by atoms with Gasteiger partial charge in [-0.05, 0) is 31.5 Å². The number of nitrogens with zero attached hydrogens (tertiary/aromatic N) is 1. The average molecular weight is 251 g/mol. The van der Waals surface area contributed by atoms with Crippen molar-refractivity contribution >= 4 is 23.2 Å². The van der Waals surface area contributed by atoms with Crippen molar-refractivity contribution < 1.29 is 9.90 Å². The fourth-order valence-electron chi connectivity index (χ4n) is 1.21. The molecule has 0 saturated carbocycles. The fourth-order valence-corrected chi connectivity index (χ4v) is 1.38. The molecule has 0 fully saturated rings. The molecule has 2 N–H and O–H groups in total. The molecule has 5 heteroatoms. The first-order valence-electron chi connectivity index (χ1n) is 4.83. The van der Waals surface area contributed by atoms with Gasteiger partial charge in [0.05, 0.1) is 0 Å². The zero-order valence-corrected chi connectivity index (χ0v) is 10.2. The predicted octanol–water partition coefficient (Wildman–Crippen LogP) is 2.94. The maximum Gasteiger partial charge on any atom is 0.269 e. The molecule has 88 valence electrons. The van der Waals surface area contributed by atoms with Crippen LogP contribution >= 0.6 is 11.6 Å². The molecule has 1 amide bonds. The van der Waals surface area contributed by atoms with Gasteiger partial charge >= 0.3 is 0 Å². The van der Waals surface area contributed by atoms with Crippen LogP contribution in [-0.2, 0) is 4.79 Å². The summed E-state index contributed by atoms with van der Waals surface area (Å²) in [4.78, 5) is 11.7. The highest BCUT2D eigenvalue weighted by Gasteiger charge is 2.13. The Morgan fingerprint density at radius 1 is 1.53 bits per heavy atom. The van der Waals surface area contributed by atoms with Gasteiger partial charge in [-0.1, -0.05) is 17.7 Å². The molecule has 1 aromatic carbocycles. The molecular weight excluding hydrogens is 240 g/mol. The Morgan fingerprint density at radius 3 is 2.71 bits per heavy atom. The van der Waals surface area contributed by atoms with E-state index in [2.05, 4.69) is 5.32 Å². The van der Waals surface area contributed by atoms with Crippen molar-refractivity contribution in [3.63, 3.8) is 0 Å². The number of halogens is 1. The first kappa shape index (κ1) is 13.1. The minimum absolute atomic E-state index is 0.315. The number of anilines is 1. The zero-order valence-electron chi connectivity index (χ0n) is 9.41. The second-order valence-corrected chi connectivity index (χ2v) is 3.92. The van der Waals surface area contributed by atoms with Gasteiger partial charge in [0, 0.05) is 10.7 Å². The molecular formula is C12H11ClN2O2. The minimum Gasteiger partial charge on any atom is -0.511 e. The first-order chi connectivity index (χ1) is 7.95. The Balaban J connectivity index is 3.01. The summed E-state index contributed by atoms with van der Waals surface area (Å²) >= 11 is 5.80. The third-order valence-corrected chi connectivity index (χ3v) is 2.38. The van der Waals surface area contributed by atoms with Crippen LogP contribution in [0.15, 0.2) is 29.5 Å². The van der Waals surface area contributed by atoms with E-state index in [0.29, 0.717) is 10.7 Å². The number of aliphatic hydroxyl groups excluding tert-OH is 1. The van der Waals surface area contributed by atoms with Crippen molar-refractivity contribution in [3.05, 3.63) is 40.1 Å². The number of rotatable bonds is 2. The highest BCUT2D eigenvalue weighted by molar-refractivity contribution is 6.31. The molecule has 0 radical (unpaired) electrons. The number of benzene rings is 1. The van der Waals surface area contributed by atoms with E-state index in [0.717, 1.165) is 5.56 Å². The summed E-state index contributed by atoms with van der Waals surface area (Å²) in [5.41, 5.74) is 1.01. The molecule has 0 atom stereocenters. The summed E-state index contributed by atoms with van der Waals surface area (Å²) in [5.74, 6) is -0.970. The van der Waals surface area contributed by atoms with Gasteiger partial charge in [-0.2, -0.15) is 5.26 Å². The van der Waals surface area contributed by atoms with Crippen LogP contribution in [0.2, 0.25) is 5.02 Å². The van der Waals surface area contributed by atoms with Crippen LogP contribution in [0.3, 0.4) is 0 Å². The Labute approximate surface area is 104 Å². The standard InChI is InChI=1S/C12H11ClN2O2/c1-7-3-4-9(13)5-11(7)15-12(17)10(6-14)8(2)16/h3-5,16H,1-2H3,(H,15,17). The van der Waals surface area contributed by atoms with Crippen molar-refractivity contribution in [1.29, 1.82) is 5.26 Å². The van der Waals surface area contributed by atoms with Crippen LogP contribution in [-0.4, -0.2) is 11.0 Å². The van der Waals surface area contributed by atoms with Crippen molar-refractivity contribution in [2.75, 3.05) is 5.32 Å². The molecule has 0 heterocycles. The molecule has 0 aliphatic heterocycles. The van der Waals surface area contributed by atoms with Crippen LogP contribution in [0.25, 0.3) is 0 Å². The lowest BCUT2D eigenvalue weighted by Gasteiger charge is -2.08. The van der Waals surface area contributed by atoms with Gasteiger partial charge in [-0.15, -0.1) is 0 Å². The lowest BCUT2D eigenvalue weighted by molar-refractivity contribution is -0.112. The van der Waals surface area contributed by atoms with Gasteiger partial charge in [0.2, 0.25) is 0 Å². The second-order valence-electron chi connectivity index (χ2n) is 3.49. The smallest absolute Gasteiger partial charge is 0.269 e. The van der Waals surface area contributed by atoms with E-state index in [-0.39, 0.29) is 11.3 Å². The van der Waals surface area contributed by atoms with E-state index in [9.17, 15) is 4.79 Å². The Bertz CT molecular complexity index is 526. The minimum atomic E-state index is -0.655. The number of allylic oxidation sites excluding steroid dienone is 1. The van der Waals surface area contributed by atoms with Crippen molar-refractivity contribution in [3.8, 4) is 6.07 Å². The Kier molecular flexibility index (Phi) is 4.13. The summed E-state index contributed by atoms with van der Waals surface area (Å²) < 4.78 is 0. The number of nitriles is 1. The van der Waals surface area contributed by atoms with Crippen LogP contribution in [0.1, 0.15) is 12.5 Å². The van der Waals surface area contributed by atoms with Crippen molar-refractivity contribution in [2.45, 2.75) is 13.8 Å². The molecule has 0 aliphatic carbocycles. The Morgan fingerprint density at radius 2 is 2.18 bits per heavy atom. The summed E-state index contributed by atoms with van der Waals surface area (Å²) in [5, 5.41) is 20.9. The van der Waals surface area contributed by atoms with Crippen molar-refractivity contribution in [1.82, 2.24) is 0 Å². The van der Waals surface area contributed by atoms with E-state index in [4.69, 9.17) is 22.0 Å². The molecule has 0 saturated heterocycles. The van der Waals surface area contributed by atoms with E-state index in [1.807, 2.05) is 0 Å². The second kappa shape index (κ2) is 5.37. The van der Waals surface area contributed by atoms with E-state index in [1.54, 1.807) is 31.2 Å². The number of carbonyl (C=O) groups excluding carboxylic acids is 1. The maximum absolute atomic E-state index is 11.7. The van der Waals surface area contributed by atoms with Gasteiger partial charge in [-0.3, -0.25) is 4.79 Å². The number of aliphatic hydroxyl groups is 1. The molecule has 0 aliphatic rings. The lowest BCUT2D eigenvalue weighted by atomic mass is 10.2. The van der Waals surface area contributed by atoms with E-state index >= 15 is 0 Å². The molecule has 0 unspecified atom stereocenters. The molecule has 17 heavy (non-hydrogen) atoms. The third kappa shape index (κ3) is 3.23. The quantitative estimate of drug-likeness (QED) is 0.481. The van der Waals surface area contributed by atoms with Crippen molar-refractivity contribution in [2.24, 2.45) is 0 Å². The van der Waals surface area contributed by atoms with E-state index < -0.39 is 5.91 Å². The fraction of sp³-hybridized carbons (Fsp3) is 0.167. The summed E-state index contributed by atoms with van der Waals surface area (Å²) in [6, 6.07) is 6.67. The number of amides is 1. The zero-order chi connectivity index (χ0) is 13.0. The van der Waals surface area contributed by atoms with Gasteiger partial charge in [0.1, 0.15) is 11.8 Å². The van der Waals surface area contributed by atoms with Gasteiger partial charge in [0.25, 0.3) is 5.91 Å². The average Bonchev–Trinajstić information content (AvgIpc) is 2.24. The van der Waals surface area contributed by atoms with E-state index in [1.165, 1.54) is 6.92 Å². The molecule has 1 aromatic rings. The highest BCUT2D eigenvalue weighted by atomic mass is 35.5. The first-order valence-corrected chi connectivity index (χ1v) is 5.21. The predicted molar refractivity (Wildman–Crippen MR) is 65.8 cm³/mol. The van der Waals surface area contributed by atoms with Gasteiger partial charge in [-0.25, -0.2) is 0 Å². The topological polar surface area (TPSA) is 73.1 Å². The number of aryl methyl sites for hydroxylation is 1. The maximum atomic E-state index is 11.7. The highest BCUT2D eigenvalue weighted by Crippen LogP contribution is 2.20. The summed E-state index contributed by atoms with van der Waals surface area (Å²) in [6.07, 6.45) is 0. The van der Waals surface area contributed by atoms with Crippen LogP contribution in [0.4, 0.5) is 5.69 Å². The lowest BCUT2D eigenvalue weighted by Crippen LogP contribution is -2.15. The monoisotopic (exact) mass is 250 g/mol. The number of hydrogen-bond donors (Lipinski definition) is 2. The SMILES string of the molecule is CC(O)=C(C#N)C(=O)Nc1cc(Cl)ccc1C. The van der Waals surface area contributed by atoms with Crippen LogP contribution in [0.5, 0.6) is 0 Å². The molecule has 0 spiro atoms. The molecule has 4 nitrogen and oxygen atoms in total. The molecule has 0 aromatic heterocycles. The number of nitrogens with one attached hydrogen (secondary N) is 1. The Hall–Kier alpha value is -1.99. The normalized spacial score (nSPS) is 11.4. The van der Waals surface area contributed by atoms with Crippen LogP contribution in [0, 0.1) is 18.3 Å². The largest absolute Gasteiger partial charge is 0.511 e. The van der Waals surface area contributed by atoms with Gasteiger partial charge in [0.15, 0.2) is 5.57 Å². The van der Waals surface area contributed by atoms with Crippen LogP contribution < -0.4 is 5.32 Å². The van der Waals surface area contributed by atoms with Gasteiger partial charge < -0.3 is 10.4 Å². The summed E-state index contributed by atoms with van der Waals surface area (Å²) in [7, 11) is 0. The molecule has 0 bridgehead atoms. The number of carbonyl (C=O) groups is 1. The summed E-state index contributed by atoms with van der Waals surface area (Å²) in [6.45, 7) is 3.08. The molecule has 1 rings (SSSR count). The number of hydrogen-bond acceptors (Lipinski definition) is 3. The third-order valence-electron chi connectivity index (χ3n) is 2.15.